The van der Waals surface area contributed by atoms with Crippen LogP contribution in [0, 0.1) is 6.92 Å². The van der Waals surface area contributed by atoms with E-state index in [2.05, 4.69) is 20.6 Å². The molecular weight excluding hydrogens is 493 g/mol. The number of hydrogen-bond acceptors (Lipinski definition) is 3. The molecule has 190 valence electrons. The highest BCUT2D eigenvalue weighted by Gasteiger charge is 2.30. The largest absolute Gasteiger partial charge is 0.416 e. The number of rotatable bonds is 5. The van der Waals surface area contributed by atoms with Crippen LogP contribution in [0.4, 0.5) is 24.5 Å². The van der Waals surface area contributed by atoms with Gasteiger partial charge in [0.2, 0.25) is 0 Å². The van der Waals surface area contributed by atoms with Gasteiger partial charge in [0.1, 0.15) is 5.82 Å². The normalized spacial score (nSPS) is 11.4. The van der Waals surface area contributed by atoms with Crippen molar-refractivity contribution >= 4 is 34.2 Å². The van der Waals surface area contributed by atoms with E-state index in [0.717, 1.165) is 35.4 Å². The van der Waals surface area contributed by atoms with Crippen LogP contribution in [-0.2, 0) is 6.18 Å². The maximum absolute atomic E-state index is 12.8. The zero-order chi connectivity index (χ0) is 26.9. The fraction of sp³-hybridized carbons (Fsp3) is 0.0690. The van der Waals surface area contributed by atoms with Crippen LogP contribution in [0.2, 0.25) is 0 Å². The van der Waals surface area contributed by atoms with Crippen LogP contribution in [0.15, 0.2) is 91.0 Å². The van der Waals surface area contributed by atoms with Gasteiger partial charge < -0.3 is 15.6 Å². The molecule has 0 fully saturated rings. The summed E-state index contributed by atoms with van der Waals surface area (Å²) in [5.74, 6) is -0.129. The number of aromatic amines is 1. The standard InChI is InChI=1S/C29H21F3N4O2/c1-17-2-4-19(5-3-17)27(37)33-22-12-8-18(9-13-22)26-35-24-15-14-23(16-25(24)36-26)34-28(38)20-6-10-21(11-7-20)29(30,31)32/h2-16H,1H3,(H,33,37)(H,34,38)(H,35,36). The van der Waals surface area contributed by atoms with E-state index >= 15 is 0 Å². The summed E-state index contributed by atoms with van der Waals surface area (Å²) >= 11 is 0. The Balaban J connectivity index is 1.28. The lowest BCUT2D eigenvalue weighted by Crippen LogP contribution is -2.12. The first-order valence-electron chi connectivity index (χ1n) is 11.6. The molecule has 9 heteroatoms. The molecule has 0 aliphatic heterocycles. The molecular formula is C29H21F3N4O2. The first-order chi connectivity index (χ1) is 18.2. The summed E-state index contributed by atoms with van der Waals surface area (Å²) in [6.07, 6.45) is -4.46. The van der Waals surface area contributed by atoms with Crippen LogP contribution in [0.3, 0.4) is 0 Å². The van der Waals surface area contributed by atoms with Crippen LogP contribution >= 0.6 is 0 Å². The summed E-state index contributed by atoms with van der Waals surface area (Å²) in [6, 6.07) is 23.6. The highest BCUT2D eigenvalue weighted by Crippen LogP contribution is 2.29. The molecule has 0 bridgehead atoms. The fourth-order valence-electron chi connectivity index (χ4n) is 3.86. The molecule has 0 spiro atoms. The number of halogens is 3. The highest BCUT2D eigenvalue weighted by molar-refractivity contribution is 6.05. The molecule has 1 heterocycles. The molecule has 1 aromatic heterocycles. The Morgan fingerprint density at radius 1 is 0.737 bits per heavy atom. The van der Waals surface area contributed by atoms with Crippen molar-refractivity contribution in [1.82, 2.24) is 9.97 Å². The lowest BCUT2D eigenvalue weighted by Gasteiger charge is -2.08. The van der Waals surface area contributed by atoms with Gasteiger partial charge in [-0.25, -0.2) is 4.98 Å². The van der Waals surface area contributed by atoms with Crippen molar-refractivity contribution < 1.29 is 22.8 Å². The van der Waals surface area contributed by atoms with Crippen LogP contribution < -0.4 is 10.6 Å². The van der Waals surface area contributed by atoms with Crippen molar-refractivity contribution in [1.29, 1.82) is 0 Å². The lowest BCUT2D eigenvalue weighted by molar-refractivity contribution is -0.137. The Morgan fingerprint density at radius 3 is 1.89 bits per heavy atom. The molecule has 0 saturated carbocycles. The second kappa shape index (κ2) is 9.85. The minimum absolute atomic E-state index is 0.109. The summed E-state index contributed by atoms with van der Waals surface area (Å²) in [5.41, 5.74) is 4.18. The Kier molecular flexibility index (Phi) is 6.42. The Morgan fingerprint density at radius 2 is 1.29 bits per heavy atom. The number of imidazole rings is 1. The van der Waals surface area contributed by atoms with Gasteiger partial charge in [-0.05, 0) is 85.8 Å². The van der Waals surface area contributed by atoms with Crippen molar-refractivity contribution in [3.05, 3.63) is 113 Å². The van der Waals surface area contributed by atoms with Gasteiger partial charge in [-0.3, -0.25) is 9.59 Å². The molecule has 38 heavy (non-hydrogen) atoms. The van der Waals surface area contributed by atoms with Crippen LogP contribution in [0.25, 0.3) is 22.4 Å². The number of amides is 2. The second-order valence-electron chi connectivity index (χ2n) is 8.74. The highest BCUT2D eigenvalue weighted by atomic mass is 19.4. The summed E-state index contributed by atoms with van der Waals surface area (Å²) in [4.78, 5) is 32.7. The number of carbonyl (C=O) groups excluding carboxylic acids is 2. The van der Waals surface area contributed by atoms with Crippen LogP contribution in [0.5, 0.6) is 0 Å². The molecule has 2 amide bonds. The van der Waals surface area contributed by atoms with Gasteiger partial charge in [0.15, 0.2) is 0 Å². The molecule has 5 aromatic rings. The van der Waals surface area contributed by atoms with E-state index in [1.165, 1.54) is 0 Å². The van der Waals surface area contributed by atoms with E-state index in [-0.39, 0.29) is 11.5 Å². The van der Waals surface area contributed by atoms with Gasteiger partial charge in [0.05, 0.1) is 16.6 Å². The first kappa shape index (κ1) is 24.8. The number of benzene rings is 4. The Hall–Kier alpha value is -4.92. The van der Waals surface area contributed by atoms with Crippen molar-refractivity contribution in [2.75, 3.05) is 10.6 Å². The molecule has 0 aliphatic rings. The van der Waals surface area contributed by atoms with E-state index < -0.39 is 17.6 Å². The number of aromatic nitrogens is 2. The van der Waals surface area contributed by atoms with E-state index in [0.29, 0.717) is 33.8 Å². The SMILES string of the molecule is Cc1ccc(C(=O)Nc2ccc(-c3nc4ccc(NC(=O)c5ccc(C(F)(F)F)cc5)cc4[nH]3)cc2)cc1. The van der Waals surface area contributed by atoms with Gasteiger partial charge in [-0.1, -0.05) is 17.7 Å². The van der Waals surface area contributed by atoms with E-state index in [9.17, 15) is 22.8 Å². The molecule has 0 radical (unpaired) electrons. The molecule has 3 N–H and O–H groups in total. The van der Waals surface area contributed by atoms with Crippen molar-refractivity contribution in [2.45, 2.75) is 13.1 Å². The van der Waals surface area contributed by atoms with Crippen molar-refractivity contribution in [3.63, 3.8) is 0 Å². The maximum atomic E-state index is 12.8. The number of carbonyl (C=O) groups is 2. The topological polar surface area (TPSA) is 86.9 Å². The smallest absolute Gasteiger partial charge is 0.338 e. The summed E-state index contributed by atoms with van der Waals surface area (Å²) in [7, 11) is 0. The number of nitrogens with one attached hydrogen (secondary N) is 3. The van der Waals surface area contributed by atoms with Crippen molar-refractivity contribution in [2.24, 2.45) is 0 Å². The fourth-order valence-corrected chi connectivity index (χ4v) is 3.86. The third-order valence-corrected chi connectivity index (χ3v) is 5.94. The molecule has 4 aromatic carbocycles. The zero-order valence-corrected chi connectivity index (χ0v) is 20.1. The molecule has 5 rings (SSSR count). The minimum atomic E-state index is -4.46. The van der Waals surface area contributed by atoms with Crippen LogP contribution in [-0.4, -0.2) is 21.8 Å². The van der Waals surface area contributed by atoms with Crippen LogP contribution in [0.1, 0.15) is 31.8 Å². The number of aryl methyl sites for hydroxylation is 1. The Labute approximate surface area is 215 Å². The molecule has 6 nitrogen and oxygen atoms in total. The average Bonchev–Trinajstić information content (AvgIpc) is 3.32. The quantitative estimate of drug-likeness (QED) is 0.235. The molecule has 0 atom stereocenters. The average molecular weight is 515 g/mol. The molecule has 0 unspecified atom stereocenters. The lowest BCUT2D eigenvalue weighted by atomic mass is 10.1. The van der Waals surface area contributed by atoms with Gasteiger partial charge >= 0.3 is 6.18 Å². The summed E-state index contributed by atoms with van der Waals surface area (Å²) in [6.45, 7) is 1.96. The monoisotopic (exact) mass is 514 g/mol. The molecule has 0 aliphatic carbocycles. The second-order valence-corrected chi connectivity index (χ2v) is 8.74. The van der Waals surface area contributed by atoms with Gasteiger partial charge in [-0.2, -0.15) is 13.2 Å². The van der Waals surface area contributed by atoms with E-state index in [1.807, 2.05) is 31.2 Å². The van der Waals surface area contributed by atoms with Gasteiger partial charge in [-0.15, -0.1) is 0 Å². The number of fused-ring (bicyclic) bond motifs is 1. The van der Waals surface area contributed by atoms with Crippen molar-refractivity contribution in [3.8, 4) is 11.4 Å². The predicted octanol–water partition coefficient (Wildman–Crippen LogP) is 7.06. The Bertz CT molecular complexity index is 1620. The third-order valence-electron chi connectivity index (χ3n) is 5.94. The first-order valence-corrected chi connectivity index (χ1v) is 11.6. The number of alkyl halides is 3. The zero-order valence-electron chi connectivity index (χ0n) is 20.1. The third kappa shape index (κ3) is 5.41. The maximum Gasteiger partial charge on any atom is 0.416 e. The van der Waals surface area contributed by atoms with Gasteiger partial charge in [0.25, 0.3) is 11.8 Å². The van der Waals surface area contributed by atoms with Gasteiger partial charge in [0, 0.05) is 28.1 Å². The predicted molar refractivity (Wildman–Crippen MR) is 140 cm³/mol. The number of anilines is 2. The number of hydrogen-bond donors (Lipinski definition) is 3. The minimum Gasteiger partial charge on any atom is -0.338 e. The number of nitrogens with zero attached hydrogens (tertiary/aromatic N) is 1. The summed E-state index contributed by atoms with van der Waals surface area (Å²) < 4.78 is 38.3. The van der Waals surface area contributed by atoms with E-state index in [1.54, 1.807) is 42.5 Å². The number of H-pyrrole nitrogens is 1. The molecule has 0 saturated heterocycles. The summed E-state index contributed by atoms with van der Waals surface area (Å²) in [5, 5.41) is 5.56. The van der Waals surface area contributed by atoms with E-state index in [4.69, 9.17) is 0 Å².